The monoisotopic (exact) mass is 883 g/mol. The quantitative estimate of drug-likeness (QED) is 0.0262. The maximum Gasteiger partial charge on any atom is 0.306 e. The van der Waals surface area contributed by atoms with Gasteiger partial charge in [-0.25, -0.2) is 0 Å². The van der Waals surface area contributed by atoms with E-state index in [2.05, 4.69) is 69.4 Å². The lowest BCUT2D eigenvalue weighted by Gasteiger charge is -2.18. The third-order valence-electron chi connectivity index (χ3n) is 11.8. The summed E-state index contributed by atoms with van der Waals surface area (Å²) in [5, 5.41) is 0. The van der Waals surface area contributed by atoms with Gasteiger partial charge in [0.15, 0.2) is 6.10 Å². The molecule has 0 rings (SSSR count). The Balaban J connectivity index is 4.35. The van der Waals surface area contributed by atoms with E-state index < -0.39 is 6.10 Å². The van der Waals surface area contributed by atoms with Gasteiger partial charge >= 0.3 is 17.9 Å². The van der Waals surface area contributed by atoms with Crippen LogP contribution in [-0.4, -0.2) is 37.2 Å². The van der Waals surface area contributed by atoms with E-state index in [0.717, 1.165) is 83.5 Å². The van der Waals surface area contributed by atoms with Gasteiger partial charge in [-0.05, 0) is 77.0 Å². The van der Waals surface area contributed by atoms with Gasteiger partial charge in [-0.3, -0.25) is 14.4 Å². The third-order valence-corrected chi connectivity index (χ3v) is 11.8. The Kier molecular flexibility index (Phi) is 49.8. The van der Waals surface area contributed by atoms with Crippen LogP contribution in [0.2, 0.25) is 0 Å². The van der Waals surface area contributed by atoms with E-state index in [9.17, 15) is 14.4 Å². The first-order valence-electron chi connectivity index (χ1n) is 27.1. The van der Waals surface area contributed by atoms with Crippen LogP contribution in [0.15, 0.2) is 48.6 Å². The molecule has 0 heterocycles. The summed E-state index contributed by atoms with van der Waals surface area (Å²) in [5.74, 6) is -0.881. The second kappa shape index (κ2) is 52.0. The number of rotatable bonds is 49. The van der Waals surface area contributed by atoms with Crippen molar-refractivity contribution in [3.05, 3.63) is 48.6 Å². The normalized spacial score (nSPS) is 12.4. The number of carbonyl (C=O) groups excluding carboxylic acids is 3. The summed E-state index contributed by atoms with van der Waals surface area (Å²) in [6.45, 7) is 6.53. The van der Waals surface area contributed by atoms with Gasteiger partial charge in [0, 0.05) is 19.3 Å². The van der Waals surface area contributed by atoms with E-state index in [1.807, 2.05) is 0 Å². The highest BCUT2D eigenvalue weighted by Crippen LogP contribution is 2.15. The molecule has 1 atom stereocenters. The fraction of sp³-hybridized carbons (Fsp3) is 0.807. The third kappa shape index (κ3) is 50.2. The second-order valence-electron chi connectivity index (χ2n) is 18.1. The number of ether oxygens (including phenoxy) is 3. The second-order valence-corrected chi connectivity index (χ2v) is 18.1. The van der Waals surface area contributed by atoms with E-state index in [-0.39, 0.29) is 31.1 Å². The topological polar surface area (TPSA) is 78.9 Å². The summed E-state index contributed by atoms with van der Waals surface area (Å²) in [6.07, 6.45) is 62.4. The van der Waals surface area contributed by atoms with Gasteiger partial charge in [-0.1, -0.05) is 230 Å². The van der Waals surface area contributed by atoms with Crippen molar-refractivity contribution in [3.63, 3.8) is 0 Å². The molecule has 0 aliphatic heterocycles. The first-order chi connectivity index (χ1) is 31.0. The molecular formula is C57H102O6. The Morgan fingerprint density at radius 3 is 0.984 bits per heavy atom. The predicted molar refractivity (Wildman–Crippen MR) is 270 cm³/mol. The minimum absolute atomic E-state index is 0.0755. The molecule has 0 bridgehead atoms. The van der Waals surface area contributed by atoms with Crippen LogP contribution in [0, 0.1) is 0 Å². The minimum Gasteiger partial charge on any atom is -0.462 e. The van der Waals surface area contributed by atoms with Crippen molar-refractivity contribution in [2.45, 2.75) is 284 Å². The zero-order valence-electron chi connectivity index (χ0n) is 41.8. The van der Waals surface area contributed by atoms with Crippen LogP contribution in [-0.2, 0) is 28.6 Å². The van der Waals surface area contributed by atoms with Crippen molar-refractivity contribution in [2.75, 3.05) is 13.2 Å². The van der Waals surface area contributed by atoms with Gasteiger partial charge in [-0.15, -0.1) is 0 Å². The van der Waals surface area contributed by atoms with E-state index >= 15 is 0 Å². The molecule has 0 aliphatic rings. The Hall–Kier alpha value is -2.63. The Morgan fingerprint density at radius 1 is 0.333 bits per heavy atom. The summed E-state index contributed by atoms with van der Waals surface area (Å²) >= 11 is 0. The molecule has 6 nitrogen and oxygen atoms in total. The van der Waals surface area contributed by atoms with Gasteiger partial charge in [-0.2, -0.15) is 0 Å². The van der Waals surface area contributed by atoms with Crippen molar-refractivity contribution in [1.82, 2.24) is 0 Å². The van der Waals surface area contributed by atoms with Crippen LogP contribution in [0.3, 0.4) is 0 Å². The summed E-state index contributed by atoms with van der Waals surface area (Å²) in [6, 6.07) is 0. The van der Waals surface area contributed by atoms with E-state index in [1.165, 1.54) is 154 Å². The molecule has 6 heteroatoms. The number of esters is 3. The Labute approximate surface area is 390 Å². The smallest absolute Gasteiger partial charge is 0.306 e. The molecular weight excluding hydrogens is 781 g/mol. The van der Waals surface area contributed by atoms with E-state index in [0.29, 0.717) is 19.3 Å². The molecule has 0 saturated heterocycles. The van der Waals surface area contributed by atoms with Crippen molar-refractivity contribution in [1.29, 1.82) is 0 Å². The highest BCUT2D eigenvalue weighted by Gasteiger charge is 2.19. The minimum atomic E-state index is -0.776. The lowest BCUT2D eigenvalue weighted by Crippen LogP contribution is -2.30. The number of allylic oxidation sites excluding steroid dienone is 8. The van der Waals surface area contributed by atoms with Gasteiger partial charge in [0.05, 0.1) is 0 Å². The average molecular weight is 883 g/mol. The maximum atomic E-state index is 12.8. The first-order valence-corrected chi connectivity index (χ1v) is 27.1. The molecule has 0 aromatic rings. The highest BCUT2D eigenvalue weighted by atomic mass is 16.6. The molecule has 0 amide bonds. The van der Waals surface area contributed by atoms with Crippen molar-refractivity contribution in [3.8, 4) is 0 Å². The Bertz CT molecular complexity index is 1110. The molecule has 366 valence electrons. The van der Waals surface area contributed by atoms with Crippen LogP contribution in [0.5, 0.6) is 0 Å². The molecule has 63 heavy (non-hydrogen) atoms. The number of carbonyl (C=O) groups is 3. The molecule has 0 aromatic heterocycles. The highest BCUT2D eigenvalue weighted by molar-refractivity contribution is 5.71. The fourth-order valence-corrected chi connectivity index (χ4v) is 7.75. The number of hydrogen-bond acceptors (Lipinski definition) is 6. The van der Waals surface area contributed by atoms with Gasteiger partial charge < -0.3 is 14.2 Å². The zero-order valence-corrected chi connectivity index (χ0v) is 41.8. The van der Waals surface area contributed by atoms with Crippen LogP contribution in [0.4, 0.5) is 0 Å². The summed E-state index contributed by atoms with van der Waals surface area (Å²) < 4.78 is 16.8. The SMILES string of the molecule is CC/C=C\C/C=C\C/C=C\CCCCCCCCCC(=O)OCC(COC(=O)CCCCCCCCCCCCC)OC(=O)CCCCCCCCC/C=C\CCCCCCCC. The largest absolute Gasteiger partial charge is 0.462 e. The Morgan fingerprint density at radius 2 is 0.619 bits per heavy atom. The lowest BCUT2D eigenvalue weighted by atomic mass is 10.1. The molecule has 0 aliphatic carbocycles. The van der Waals surface area contributed by atoms with Crippen molar-refractivity contribution in [2.24, 2.45) is 0 Å². The van der Waals surface area contributed by atoms with E-state index in [4.69, 9.17) is 14.2 Å². The van der Waals surface area contributed by atoms with Crippen LogP contribution in [0.1, 0.15) is 278 Å². The summed E-state index contributed by atoms with van der Waals surface area (Å²) in [7, 11) is 0. The maximum absolute atomic E-state index is 12.8. The van der Waals surface area contributed by atoms with Crippen molar-refractivity contribution >= 4 is 17.9 Å². The first kappa shape index (κ1) is 60.4. The average Bonchev–Trinajstić information content (AvgIpc) is 3.28. The number of unbranched alkanes of at least 4 members (excludes halogenated alkanes) is 30. The van der Waals surface area contributed by atoms with Gasteiger partial charge in [0.25, 0.3) is 0 Å². The molecule has 0 fully saturated rings. The van der Waals surface area contributed by atoms with Crippen LogP contribution < -0.4 is 0 Å². The van der Waals surface area contributed by atoms with Crippen LogP contribution >= 0.6 is 0 Å². The fourth-order valence-electron chi connectivity index (χ4n) is 7.75. The molecule has 0 saturated carbocycles. The van der Waals surface area contributed by atoms with Crippen molar-refractivity contribution < 1.29 is 28.6 Å². The van der Waals surface area contributed by atoms with Crippen LogP contribution in [0.25, 0.3) is 0 Å². The molecule has 0 spiro atoms. The van der Waals surface area contributed by atoms with Gasteiger partial charge in [0.2, 0.25) is 0 Å². The molecule has 0 aromatic carbocycles. The lowest BCUT2D eigenvalue weighted by molar-refractivity contribution is -0.167. The summed E-state index contributed by atoms with van der Waals surface area (Å²) in [5.41, 5.74) is 0. The molecule has 1 unspecified atom stereocenters. The zero-order chi connectivity index (χ0) is 45.8. The standard InChI is InChI=1S/C57H102O6/c1-4-7-10-13-16-19-22-24-26-28-30-32-35-38-41-44-47-50-56(59)62-53-54(52-61-55(58)49-46-43-40-37-34-21-18-15-12-9-6-3)63-57(60)51-48-45-42-39-36-33-31-29-27-25-23-20-17-14-11-8-5-2/h7,10,16,19,24-27,54H,4-6,8-9,11-15,17-18,20-23,28-53H2,1-3H3/b10-7-,19-16-,26-24-,27-25-. The molecule has 0 radical (unpaired) electrons. The molecule has 0 N–H and O–H groups in total. The predicted octanol–water partition coefficient (Wildman–Crippen LogP) is 17.9. The summed E-state index contributed by atoms with van der Waals surface area (Å²) in [4.78, 5) is 38.0. The number of hydrogen-bond donors (Lipinski definition) is 0. The van der Waals surface area contributed by atoms with Gasteiger partial charge in [0.1, 0.15) is 13.2 Å². The van der Waals surface area contributed by atoms with E-state index in [1.54, 1.807) is 0 Å².